The maximum absolute atomic E-state index is 12.6. The van der Waals surface area contributed by atoms with Gasteiger partial charge in [-0.2, -0.15) is 13.2 Å². The number of rotatable bonds is 2. The van der Waals surface area contributed by atoms with Crippen LogP contribution >= 0.6 is 0 Å². The molecule has 3 rings (SSSR count). The van der Waals surface area contributed by atoms with Gasteiger partial charge in [0.2, 0.25) is 0 Å². The Bertz CT molecular complexity index is 517. The van der Waals surface area contributed by atoms with Crippen molar-refractivity contribution in [2.45, 2.75) is 44.3 Å². The number of fused-ring (bicyclic) bond motifs is 1. The van der Waals surface area contributed by atoms with Crippen molar-refractivity contribution in [1.29, 1.82) is 0 Å². The predicted octanol–water partition coefficient (Wildman–Crippen LogP) is 2.34. The first-order chi connectivity index (χ1) is 10.3. The molecule has 2 aliphatic rings. The fourth-order valence-electron chi connectivity index (χ4n) is 3.53. The molecule has 0 bridgehead atoms. The van der Waals surface area contributed by atoms with Crippen molar-refractivity contribution in [3.8, 4) is 0 Å². The fourth-order valence-corrected chi connectivity index (χ4v) is 3.53. The summed E-state index contributed by atoms with van der Waals surface area (Å²) in [5.74, 6) is 0. The average Bonchev–Trinajstić information content (AvgIpc) is 2.78. The second-order valence-electron chi connectivity index (χ2n) is 6.47. The SMILES string of the molecule is C[C@H]1CN2C[C@H](O)CC2CN1Cc1ccc(C(F)(F)F)cc1. The number of aliphatic hydroxyl groups is 1. The number of aliphatic hydroxyl groups excluding tert-OH is 1. The monoisotopic (exact) mass is 314 g/mol. The van der Waals surface area contributed by atoms with Crippen molar-refractivity contribution in [3.05, 3.63) is 35.4 Å². The van der Waals surface area contributed by atoms with Gasteiger partial charge in [0, 0.05) is 38.3 Å². The van der Waals surface area contributed by atoms with E-state index in [1.165, 1.54) is 0 Å². The zero-order valence-corrected chi connectivity index (χ0v) is 12.6. The molecule has 0 saturated carbocycles. The fraction of sp³-hybridized carbons (Fsp3) is 0.625. The smallest absolute Gasteiger partial charge is 0.392 e. The van der Waals surface area contributed by atoms with Crippen molar-refractivity contribution in [2.75, 3.05) is 19.6 Å². The van der Waals surface area contributed by atoms with Crippen LogP contribution in [0.2, 0.25) is 0 Å². The Balaban J connectivity index is 1.65. The highest BCUT2D eigenvalue weighted by atomic mass is 19.4. The highest BCUT2D eigenvalue weighted by Crippen LogP contribution is 2.30. The molecule has 2 aliphatic heterocycles. The third-order valence-electron chi connectivity index (χ3n) is 4.74. The molecule has 0 aromatic heterocycles. The predicted molar refractivity (Wildman–Crippen MR) is 77.3 cm³/mol. The Labute approximate surface area is 128 Å². The lowest BCUT2D eigenvalue weighted by molar-refractivity contribution is -0.137. The molecule has 3 atom stereocenters. The highest BCUT2D eigenvalue weighted by molar-refractivity contribution is 5.24. The zero-order valence-electron chi connectivity index (χ0n) is 12.6. The first-order valence-corrected chi connectivity index (χ1v) is 7.65. The van der Waals surface area contributed by atoms with Crippen LogP contribution in [0.3, 0.4) is 0 Å². The number of nitrogens with zero attached hydrogens (tertiary/aromatic N) is 2. The molecule has 0 aliphatic carbocycles. The van der Waals surface area contributed by atoms with E-state index < -0.39 is 11.7 Å². The van der Waals surface area contributed by atoms with Gasteiger partial charge in [-0.1, -0.05) is 12.1 Å². The summed E-state index contributed by atoms with van der Waals surface area (Å²) in [5, 5.41) is 9.76. The van der Waals surface area contributed by atoms with Crippen LogP contribution in [-0.4, -0.2) is 52.7 Å². The summed E-state index contributed by atoms with van der Waals surface area (Å²) >= 11 is 0. The maximum atomic E-state index is 12.6. The van der Waals surface area contributed by atoms with E-state index >= 15 is 0 Å². The topological polar surface area (TPSA) is 26.7 Å². The van der Waals surface area contributed by atoms with Crippen molar-refractivity contribution < 1.29 is 18.3 Å². The minimum absolute atomic E-state index is 0.247. The van der Waals surface area contributed by atoms with E-state index in [9.17, 15) is 18.3 Å². The first-order valence-electron chi connectivity index (χ1n) is 7.65. The van der Waals surface area contributed by atoms with Crippen molar-refractivity contribution >= 4 is 0 Å². The molecular formula is C16H21F3N2O. The van der Waals surface area contributed by atoms with Gasteiger partial charge in [-0.25, -0.2) is 0 Å². The Morgan fingerprint density at radius 1 is 1.14 bits per heavy atom. The van der Waals surface area contributed by atoms with Crippen LogP contribution in [-0.2, 0) is 12.7 Å². The quantitative estimate of drug-likeness (QED) is 0.908. The standard InChI is InChI=1S/C16H21F3N2O/c1-11-7-21-10-15(22)6-14(21)9-20(11)8-12-2-4-13(5-3-12)16(17,18)19/h2-5,11,14-15,22H,6-10H2,1H3/t11-,14?,15+/m0/s1. The zero-order chi connectivity index (χ0) is 15.9. The third-order valence-corrected chi connectivity index (χ3v) is 4.74. The summed E-state index contributed by atoms with van der Waals surface area (Å²) in [5.41, 5.74) is 0.292. The molecule has 1 aromatic carbocycles. The molecule has 0 spiro atoms. The van der Waals surface area contributed by atoms with Gasteiger partial charge in [-0.15, -0.1) is 0 Å². The third kappa shape index (κ3) is 3.29. The van der Waals surface area contributed by atoms with Crippen LogP contribution in [0.15, 0.2) is 24.3 Å². The van der Waals surface area contributed by atoms with E-state index in [1.54, 1.807) is 12.1 Å². The second-order valence-corrected chi connectivity index (χ2v) is 6.47. The number of alkyl halides is 3. The highest BCUT2D eigenvalue weighted by Gasteiger charge is 2.38. The second kappa shape index (κ2) is 5.83. The van der Waals surface area contributed by atoms with E-state index in [0.29, 0.717) is 18.6 Å². The molecule has 22 heavy (non-hydrogen) atoms. The number of hydrogen-bond acceptors (Lipinski definition) is 3. The van der Waals surface area contributed by atoms with Crippen molar-refractivity contribution in [1.82, 2.24) is 9.80 Å². The Morgan fingerprint density at radius 2 is 1.82 bits per heavy atom. The van der Waals surface area contributed by atoms with Gasteiger partial charge in [0.15, 0.2) is 0 Å². The van der Waals surface area contributed by atoms with Gasteiger partial charge in [0.25, 0.3) is 0 Å². The summed E-state index contributed by atoms with van der Waals surface area (Å²) in [7, 11) is 0. The van der Waals surface area contributed by atoms with Gasteiger partial charge < -0.3 is 5.11 Å². The van der Waals surface area contributed by atoms with Crippen LogP contribution in [0, 0.1) is 0 Å². The summed E-state index contributed by atoms with van der Waals surface area (Å²) < 4.78 is 37.8. The first kappa shape index (κ1) is 15.8. The van der Waals surface area contributed by atoms with Gasteiger partial charge in [0.1, 0.15) is 0 Å². The van der Waals surface area contributed by atoms with Gasteiger partial charge in [-0.05, 0) is 31.0 Å². The molecule has 6 heteroatoms. The van der Waals surface area contributed by atoms with Crippen LogP contribution in [0.1, 0.15) is 24.5 Å². The molecule has 1 N–H and O–H groups in total. The summed E-state index contributed by atoms with van der Waals surface area (Å²) in [6.07, 6.45) is -3.74. The minimum atomic E-state index is -4.28. The summed E-state index contributed by atoms with van der Waals surface area (Å²) in [6, 6.07) is 6.12. The largest absolute Gasteiger partial charge is 0.416 e. The lowest BCUT2D eigenvalue weighted by Crippen LogP contribution is -2.54. The molecule has 122 valence electrons. The molecule has 3 nitrogen and oxygen atoms in total. The lowest BCUT2D eigenvalue weighted by Gasteiger charge is -2.42. The Morgan fingerprint density at radius 3 is 2.45 bits per heavy atom. The summed E-state index contributed by atoms with van der Waals surface area (Å²) in [6.45, 7) is 5.29. The molecule has 2 saturated heterocycles. The summed E-state index contributed by atoms with van der Waals surface area (Å²) in [4.78, 5) is 4.61. The van der Waals surface area contributed by atoms with E-state index in [1.807, 2.05) is 0 Å². The van der Waals surface area contributed by atoms with Crippen molar-refractivity contribution in [3.63, 3.8) is 0 Å². The number of halogens is 3. The number of hydrogen-bond donors (Lipinski definition) is 1. The van der Waals surface area contributed by atoms with Crippen LogP contribution in [0.25, 0.3) is 0 Å². The van der Waals surface area contributed by atoms with Gasteiger partial charge in [0.05, 0.1) is 11.7 Å². The molecule has 0 amide bonds. The van der Waals surface area contributed by atoms with Gasteiger partial charge in [-0.3, -0.25) is 9.80 Å². The number of benzene rings is 1. The molecule has 1 unspecified atom stereocenters. The lowest BCUT2D eigenvalue weighted by atomic mass is 10.1. The van der Waals surface area contributed by atoms with E-state index in [2.05, 4.69) is 16.7 Å². The van der Waals surface area contributed by atoms with Gasteiger partial charge >= 0.3 is 6.18 Å². The van der Waals surface area contributed by atoms with Crippen LogP contribution in [0.5, 0.6) is 0 Å². The normalized spacial score (nSPS) is 30.5. The number of piperazine rings is 1. The van der Waals surface area contributed by atoms with Crippen LogP contribution in [0.4, 0.5) is 13.2 Å². The van der Waals surface area contributed by atoms with E-state index in [0.717, 1.165) is 43.8 Å². The van der Waals surface area contributed by atoms with E-state index in [4.69, 9.17) is 0 Å². The minimum Gasteiger partial charge on any atom is -0.392 e. The molecule has 2 fully saturated rings. The maximum Gasteiger partial charge on any atom is 0.416 e. The molecule has 1 aromatic rings. The van der Waals surface area contributed by atoms with Crippen molar-refractivity contribution in [2.24, 2.45) is 0 Å². The Kier molecular flexibility index (Phi) is 4.18. The Hall–Kier alpha value is -1.11. The molecule has 0 radical (unpaired) electrons. The molecule has 2 heterocycles. The van der Waals surface area contributed by atoms with E-state index in [-0.39, 0.29) is 6.10 Å². The average molecular weight is 314 g/mol. The molecular weight excluding hydrogens is 293 g/mol. The van der Waals surface area contributed by atoms with Crippen LogP contribution < -0.4 is 0 Å².